The van der Waals surface area contributed by atoms with Gasteiger partial charge in [0.1, 0.15) is 5.57 Å². The van der Waals surface area contributed by atoms with Gasteiger partial charge < -0.3 is 0 Å². The molecule has 5 nitrogen and oxygen atoms in total. The highest BCUT2D eigenvalue weighted by Crippen LogP contribution is 2.29. The molecule has 0 spiro atoms. The molecule has 1 fully saturated rings. The van der Waals surface area contributed by atoms with Gasteiger partial charge >= 0.3 is 6.03 Å². The number of halogens is 2. The molecule has 0 saturated carbocycles. The van der Waals surface area contributed by atoms with E-state index in [4.69, 9.17) is 23.2 Å². The lowest BCUT2D eigenvalue weighted by Gasteiger charge is -2.27. The van der Waals surface area contributed by atoms with Gasteiger partial charge in [0.2, 0.25) is 0 Å². The summed E-state index contributed by atoms with van der Waals surface area (Å²) in [5.41, 5.74) is 2.42. The van der Waals surface area contributed by atoms with Crippen molar-refractivity contribution in [1.82, 2.24) is 5.32 Å². The Morgan fingerprint density at radius 2 is 1.62 bits per heavy atom. The number of barbiturate groups is 1. The monoisotopic (exact) mass is 388 g/mol. The van der Waals surface area contributed by atoms with E-state index in [1.807, 2.05) is 13.8 Å². The van der Waals surface area contributed by atoms with E-state index in [1.165, 1.54) is 6.08 Å². The number of anilines is 1. The molecule has 1 heterocycles. The van der Waals surface area contributed by atoms with Crippen molar-refractivity contribution in [2.75, 3.05) is 4.90 Å². The van der Waals surface area contributed by atoms with Gasteiger partial charge in [-0.1, -0.05) is 35.3 Å². The Morgan fingerprint density at radius 1 is 0.962 bits per heavy atom. The van der Waals surface area contributed by atoms with Gasteiger partial charge in [0.25, 0.3) is 11.8 Å². The maximum Gasteiger partial charge on any atom is 0.335 e. The van der Waals surface area contributed by atoms with Gasteiger partial charge in [-0.25, -0.2) is 9.69 Å². The molecule has 26 heavy (non-hydrogen) atoms. The van der Waals surface area contributed by atoms with Crippen LogP contribution < -0.4 is 10.2 Å². The minimum Gasteiger partial charge on any atom is -0.273 e. The van der Waals surface area contributed by atoms with Crippen molar-refractivity contribution in [3.63, 3.8) is 0 Å². The number of rotatable bonds is 2. The van der Waals surface area contributed by atoms with Gasteiger partial charge in [-0.2, -0.15) is 0 Å². The predicted molar refractivity (Wildman–Crippen MR) is 101 cm³/mol. The highest BCUT2D eigenvalue weighted by Gasteiger charge is 2.37. The molecule has 7 heteroatoms. The SMILES string of the molecule is Cc1ccc(N2C(=O)NC(=O)/C(=C\c3c(Cl)cccc3Cl)C2=O)cc1C. The van der Waals surface area contributed by atoms with Gasteiger partial charge in [0.05, 0.1) is 5.69 Å². The summed E-state index contributed by atoms with van der Waals surface area (Å²) in [7, 11) is 0. The van der Waals surface area contributed by atoms with E-state index < -0.39 is 17.8 Å². The fourth-order valence-electron chi connectivity index (χ4n) is 2.55. The third-order valence-electron chi connectivity index (χ3n) is 4.14. The quantitative estimate of drug-likeness (QED) is 0.616. The van der Waals surface area contributed by atoms with E-state index in [-0.39, 0.29) is 5.57 Å². The van der Waals surface area contributed by atoms with Crippen LogP contribution in [0.1, 0.15) is 16.7 Å². The second-order valence-electron chi connectivity index (χ2n) is 5.86. The van der Waals surface area contributed by atoms with Crippen LogP contribution in [0.25, 0.3) is 6.08 Å². The number of carbonyl (C=O) groups excluding carboxylic acids is 3. The third-order valence-corrected chi connectivity index (χ3v) is 4.80. The number of urea groups is 1. The topological polar surface area (TPSA) is 66.5 Å². The Hall–Kier alpha value is -2.63. The van der Waals surface area contributed by atoms with Crippen LogP contribution in [0.5, 0.6) is 0 Å². The number of carbonyl (C=O) groups is 3. The number of hydrogen-bond acceptors (Lipinski definition) is 3. The van der Waals surface area contributed by atoms with Crippen molar-refractivity contribution in [3.05, 3.63) is 68.7 Å². The maximum atomic E-state index is 12.9. The zero-order chi connectivity index (χ0) is 19.0. The van der Waals surface area contributed by atoms with E-state index >= 15 is 0 Å². The van der Waals surface area contributed by atoms with Gasteiger partial charge in [0, 0.05) is 15.6 Å². The number of amides is 4. The molecule has 0 aromatic heterocycles. The summed E-state index contributed by atoms with van der Waals surface area (Å²) in [4.78, 5) is 38.2. The first-order valence-corrected chi connectivity index (χ1v) is 8.48. The Kier molecular flexibility index (Phi) is 4.85. The van der Waals surface area contributed by atoms with Gasteiger partial charge in [0.15, 0.2) is 0 Å². The summed E-state index contributed by atoms with van der Waals surface area (Å²) in [6, 6.07) is 9.20. The summed E-state index contributed by atoms with van der Waals surface area (Å²) in [5, 5.41) is 2.76. The van der Waals surface area contributed by atoms with Crippen LogP contribution in [0.3, 0.4) is 0 Å². The normalized spacial score (nSPS) is 16.2. The lowest BCUT2D eigenvalue weighted by molar-refractivity contribution is -0.122. The molecule has 1 saturated heterocycles. The maximum absolute atomic E-state index is 12.9. The molecular formula is C19H14Cl2N2O3. The molecule has 0 aliphatic carbocycles. The Balaban J connectivity index is 2.09. The number of aryl methyl sites for hydroxylation is 2. The van der Waals surface area contributed by atoms with Gasteiger partial charge in [-0.05, 0) is 55.3 Å². The first-order valence-electron chi connectivity index (χ1n) is 7.72. The molecule has 132 valence electrons. The molecule has 0 atom stereocenters. The second-order valence-corrected chi connectivity index (χ2v) is 6.68. The van der Waals surface area contributed by atoms with Crippen LogP contribution in [-0.4, -0.2) is 17.8 Å². The molecule has 0 unspecified atom stereocenters. The first kappa shape index (κ1) is 18.2. The van der Waals surface area contributed by atoms with Crippen LogP contribution in [0.2, 0.25) is 10.0 Å². The van der Waals surface area contributed by atoms with Crippen molar-refractivity contribution in [3.8, 4) is 0 Å². The van der Waals surface area contributed by atoms with Crippen molar-refractivity contribution in [2.45, 2.75) is 13.8 Å². The van der Waals surface area contributed by atoms with E-state index in [9.17, 15) is 14.4 Å². The fraction of sp³-hybridized carbons (Fsp3) is 0.105. The third kappa shape index (κ3) is 3.23. The van der Waals surface area contributed by atoms with Crippen LogP contribution >= 0.6 is 23.2 Å². The van der Waals surface area contributed by atoms with Crippen LogP contribution in [0.15, 0.2) is 42.0 Å². The molecule has 3 rings (SSSR count). The Bertz CT molecular complexity index is 962. The first-order chi connectivity index (χ1) is 12.3. The van der Waals surface area contributed by atoms with Crippen LogP contribution in [0, 0.1) is 13.8 Å². The number of nitrogens with one attached hydrogen (secondary N) is 1. The average Bonchev–Trinajstić information content (AvgIpc) is 2.56. The molecule has 1 aliphatic heterocycles. The summed E-state index contributed by atoms with van der Waals surface area (Å²) in [5.74, 6) is -1.53. The highest BCUT2D eigenvalue weighted by atomic mass is 35.5. The predicted octanol–water partition coefficient (Wildman–Crippen LogP) is 4.28. The summed E-state index contributed by atoms with van der Waals surface area (Å²) < 4.78 is 0. The summed E-state index contributed by atoms with van der Waals surface area (Å²) in [6.45, 7) is 3.79. The molecule has 1 aliphatic rings. The molecule has 0 bridgehead atoms. The van der Waals surface area contributed by atoms with Crippen molar-refractivity contribution in [1.29, 1.82) is 0 Å². The minimum absolute atomic E-state index is 0.224. The van der Waals surface area contributed by atoms with E-state index in [0.717, 1.165) is 16.0 Å². The summed E-state index contributed by atoms with van der Waals surface area (Å²) >= 11 is 12.2. The number of benzene rings is 2. The number of hydrogen-bond donors (Lipinski definition) is 1. The van der Waals surface area contributed by atoms with E-state index in [1.54, 1.807) is 36.4 Å². The highest BCUT2D eigenvalue weighted by molar-refractivity contribution is 6.41. The largest absolute Gasteiger partial charge is 0.335 e. The average molecular weight is 389 g/mol. The van der Waals surface area contributed by atoms with Crippen LogP contribution in [0.4, 0.5) is 10.5 Å². The molecule has 4 amide bonds. The lowest BCUT2D eigenvalue weighted by atomic mass is 10.0. The smallest absolute Gasteiger partial charge is 0.273 e. The molecule has 2 aromatic carbocycles. The summed E-state index contributed by atoms with van der Waals surface area (Å²) in [6.07, 6.45) is 1.29. The number of imide groups is 2. The van der Waals surface area contributed by atoms with E-state index in [2.05, 4.69) is 5.32 Å². The Labute approximate surface area is 160 Å². The molecule has 1 N–H and O–H groups in total. The zero-order valence-corrected chi connectivity index (χ0v) is 15.5. The lowest BCUT2D eigenvalue weighted by Crippen LogP contribution is -2.54. The zero-order valence-electron chi connectivity index (χ0n) is 14.0. The van der Waals surface area contributed by atoms with E-state index in [0.29, 0.717) is 21.3 Å². The Morgan fingerprint density at radius 3 is 2.23 bits per heavy atom. The minimum atomic E-state index is -0.800. The fourth-order valence-corrected chi connectivity index (χ4v) is 3.06. The van der Waals surface area contributed by atoms with Gasteiger partial charge in [-0.3, -0.25) is 14.9 Å². The van der Waals surface area contributed by atoms with Crippen LogP contribution in [-0.2, 0) is 9.59 Å². The van der Waals surface area contributed by atoms with Gasteiger partial charge in [-0.15, -0.1) is 0 Å². The van der Waals surface area contributed by atoms with Crippen molar-refractivity contribution in [2.24, 2.45) is 0 Å². The molecule has 0 radical (unpaired) electrons. The second kappa shape index (κ2) is 6.94. The molecule has 2 aromatic rings. The van der Waals surface area contributed by atoms with Crippen molar-refractivity contribution >= 4 is 52.8 Å². The van der Waals surface area contributed by atoms with Crippen molar-refractivity contribution < 1.29 is 14.4 Å². The standard InChI is InChI=1S/C19H14Cl2N2O3/c1-10-6-7-12(8-11(10)2)23-18(25)14(17(24)22-19(23)26)9-13-15(20)4-3-5-16(13)21/h3-9H,1-2H3,(H,22,24,26)/b14-9+. The number of nitrogens with zero attached hydrogens (tertiary/aromatic N) is 1. The molecular weight excluding hydrogens is 375 g/mol.